The van der Waals surface area contributed by atoms with Crippen molar-refractivity contribution in [1.29, 1.82) is 0 Å². The van der Waals surface area contributed by atoms with E-state index in [0.29, 0.717) is 0 Å². The van der Waals surface area contributed by atoms with Crippen LogP contribution in [0.15, 0.2) is 0 Å². The topological polar surface area (TPSA) is 29.9 Å². The second-order valence-corrected chi connectivity index (χ2v) is 3.82. The first-order valence-corrected chi connectivity index (χ1v) is 4.79. The third-order valence-corrected chi connectivity index (χ3v) is 3.35. The van der Waals surface area contributed by atoms with E-state index in [1.54, 1.807) is 0 Å². The molecule has 4 heteroatoms. The number of fused-ring (bicyclic) bond motifs is 1. The van der Waals surface area contributed by atoms with E-state index < -0.39 is 0 Å². The van der Waals surface area contributed by atoms with Crippen LogP contribution in [0.1, 0.15) is 11.4 Å². The Hall–Kier alpha value is -0.100. The summed E-state index contributed by atoms with van der Waals surface area (Å²) in [7, 11) is 0. The summed E-state index contributed by atoms with van der Waals surface area (Å²) in [5, 5.41) is 7.75. The van der Waals surface area contributed by atoms with Crippen LogP contribution in [-0.2, 0) is 13.1 Å². The van der Waals surface area contributed by atoms with Gasteiger partial charge in [0.15, 0.2) is 0 Å². The van der Waals surface area contributed by atoms with Crippen LogP contribution in [0.2, 0.25) is 0 Å². The van der Waals surface area contributed by atoms with Crippen molar-refractivity contribution in [3.63, 3.8) is 0 Å². The van der Waals surface area contributed by atoms with E-state index in [1.807, 2.05) is 0 Å². The maximum absolute atomic E-state index is 4.42. The molecule has 60 valence electrons. The predicted octanol–water partition coefficient (Wildman–Crippen LogP) is 0.899. The highest BCUT2D eigenvalue weighted by atomic mass is 127. The number of halogens is 1. The van der Waals surface area contributed by atoms with Crippen molar-refractivity contribution in [1.82, 2.24) is 15.1 Å². The molecule has 2 rings (SSSR count). The van der Waals surface area contributed by atoms with Gasteiger partial charge in [-0.15, -0.1) is 0 Å². The average molecular weight is 263 g/mol. The molecule has 1 aliphatic heterocycles. The van der Waals surface area contributed by atoms with Gasteiger partial charge in [0.1, 0.15) is 0 Å². The number of nitrogens with one attached hydrogen (secondary N) is 1. The van der Waals surface area contributed by atoms with Gasteiger partial charge < -0.3 is 5.32 Å². The van der Waals surface area contributed by atoms with Gasteiger partial charge in [-0.2, -0.15) is 5.10 Å². The zero-order chi connectivity index (χ0) is 7.84. The van der Waals surface area contributed by atoms with Gasteiger partial charge in [0.05, 0.1) is 21.5 Å². The molecule has 1 aromatic rings. The Morgan fingerprint density at radius 1 is 1.64 bits per heavy atom. The summed E-state index contributed by atoms with van der Waals surface area (Å²) >= 11 is 2.36. The van der Waals surface area contributed by atoms with Crippen LogP contribution in [0.3, 0.4) is 0 Å². The molecular formula is C7H10IN3. The van der Waals surface area contributed by atoms with E-state index in [2.05, 4.69) is 44.6 Å². The molecule has 0 aromatic carbocycles. The lowest BCUT2D eigenvalue weighted by molar-refractivity contribution is 0.473. The van der Waals surface area contributed by atoms with Crippen molar-refractivity contribution in [3.05, 3.63) is 15.0 Å². The smallest absolute Gasteiger partial charge is 0.0730 e. The minimum absolute atomic E-state index is 0.971. The minimum Gasteiger partial charge on any atom is -0.309 e. The van der Waals surface area contributed by atoms with E-state index >= 15 is 0 Å². The van der Waals surface area contributed by atoms with Crippen molar-refractivity contribution in [2.45, 2.75) is 20.0 Å². The lowest BCUT2D eigenvalue weighted by Crippen LogP contribution is -2.28. The molecule has 0 unspecified atom stereocenters. The Labute approximate surface area is 79.3 Å². The van der Waals surface area contributed by atoms with Crippen molar-refractivity contribution < 1.29 is 0 Å². The van der Waals surface area contributed by atoms with Crippen LogP contribution in [-0.4, -0.2) is 16.3 Å². The molecule has 11 heavy (non-hydrogen) atoms. The van der Waals surface area contributed by atoms with Crippen LogP contribution in [0.25, 0.3) is 0 Å². The number of hydrogen-bond acceptors (Lipinski definition) is 2. The van der Waals surface area contributed by atoms with E-state index in [0.717, 1.165) is 25.3 Å². The maximum atomic E-state index is 4.42. The number of rotatable bonds is 0. The molecular weight excluding hydrogens is 253 g/mol. The normalized spacial score (nSPS) is 16.5. The Bertz CT molecular complexity index is 279. The minimum atomic E-state index is 0.971. The number of aromatic nitrogens is 2. The molecule has 1 aromatic heterocycles. The van der Waals surface area contributed by atoms with Gasteiger partial charge in [-0.3, -0.25) is 4.68 Å². The van der Waals surface area contributed by atoms with Crippen LogP contribution < -0.4 is 5.32 Å². The average Bonchev–Trinajstić information content (AvgIpc) is 2.30. The van der Waals surface area contributed by atoms with Gasteiger partial charge in [0, 0.05) is 13.1 Å². The number of nitrogens with zero attached hydrogens (tertiary/aromatic N) is 2. The lowest BCUT2D eigenvalue weighted by Gasteiger charge is -2.14. The summed E-state index contributed by atoms with van der Waals surface area (Å²) in [6.45, 7) is 5.09. The molecule has 0 saturated heterocycles. The summed E-state index contributed by atoms with van der Waals surface area (Å²) in [5.74, 6) is 0. The molecule has 0 spiro atoms. The number of hydrogen-bond donors (Lipinski definition) is 1. The summed E-state index contributed by atoms with van der Waals surface area (Å²) in [4.78, 5) is 0. The fourth-order valence-corrected chi connectivity index (χ4v) is 1.93. The van der Waals surface area contributed by atoms with Crippen molar-refractivity contribution in [2.24, 2.45) is 0 Å². The molecule has 0 atom stereocenters. The molecule has 0 saturated carbocycles. The van der Waals surface area contributed by atoms with Gasteiger partial charge >= 0.3 is 0 Å². The SMILES string of the molecule is Cc1nn2c(c1I)CNCC2. The molecule has 1 aliphatic rings. The standard InChI is InChI=1S/C7H10IN3/c1-5-7(8)6-4-9-2-3-11(6)10-5/h9H,2-4H2,1H3. The van der Waals surface area contributed by atoms with Gasteiger partial charge in [0.25, 0.3) is 0 Å². The molecule has 0 aliphatic carbocycles. The zero-order valence-corrected chi connectivity index (χ0v) is 8.55. The second-order valence-electron chi connectivity index (χ2n) is 2.75. The quantitative estimate of drug-likeness (QED) is 0.705. The fourth-order valence-electron chi connectivity index (χ4n) is 1.35. The maximum Gasteiger partial charge on any atom is 0.0730 e. The zero-order valence-electron chi connectivity index (χ0n) is 6.39. The Morgan fingerprint density at radius 3 is 3.18 bits per heavy atom. The monoisotopic (exact) mass is 263 g/mol. The Kier molecular flexibility index (Phi) is 1.88. The molecule has 2 heterocycles. The summed E-state index contributed by atoms with van der Waals surface area (Å²) < 4.78 is 3.42. The Balaban J connectivity index is 2.50. The second kappa shape index (κ2) is 2.75. The predicted molar refractivity (Wildman–Crippen MR) is 51.4 cm³/mol. The van der Waals surface area contributed by atoms with Crippen molar-refractivity contribution in [2.75, 3.05) is 6.54 Å². The molecule has 0 fully saturated rings. The first kappa shape index (κ1) is 7.54. The highest BCUT2D eigenvalue weighted by Crippen LogP contribution is 2.17. The van der Waals surface area contributed by atoms with Gasteiger partial charge in [-0.1, -0.05) is 0 Å². The van der Waals surface area contributed by atoms with Crippen LogP contribution in [0.4, 0.5) is 0 Å². The Morgan fingerprint density at radius 2 is 2.45 bits per heavy atom. The van der Waals surface area contributed by atoms with Gasteiger partial charge in [0.2, 0.25) is 0 Å². The summed E-state index contributed by atoms with van der Waals surface area (Å²) in [5.41, 5.74) is 2.50. The first-order valence-electron chi connectivity index (χ1n) is 3.71. The fraction of sp³-hybridized carbons (Fsp3) is 0.571. The third kappa shape index (κ3) is 1.18. The highest BCUT2D eigenvalue weighted by molar-refractivity contribution is 14.1. The molecule has 0 radical (unpaired) electrons. The van der Waals surface area contributed by atoms with Crippen LogP contribution in [0, 0.1) is 10.5 Å². The van der Waals surface area contributed by atoms with Gasteiger partial charge in [-0.05, 0) is 29.5 Å². The molecule has 0 bridgehead atoms. The van der Waals surface area contributed by atoms with Crippen molar-refractivity contribution in [3.8, 4) is 0 Å². The van der Waals surface area contributed by atoms with E-state index in [-0.39, 0.29) is 0 Å². The van der Waals surface area contributed by atoms with E-state index in [1.165, 1.54) is 9.26 Å². The molecule has 3 nitrogen and oxygen atoms in total. The van der Waals surface area contributed by atoms with E-state index in [4.69, 9.17) is 0 Å². The highest BCUT2D eigenvalue weighted by Gasteiger charge is 2.14. The first-order chi connectivity index (χ1) is 5.29. The van der Waals surface area contributed by atoms with Crippen LogP contribution in [0.5, 0.6) is 0 Å². The summed E-state index contributed by atoms with van der Waals surface area (Å²) in [6.07, 6.45) is 0. The third-order valence-electron chi connectivity index (χ3n) is 1.95. The number of aryl methyl sites for hydroxylation is 1. The largest absolute Gasteiger partial charge is 0.309 e. The van der Waals surface area contributed by atoms with E-state index in [9.17, 15) is 0 Å². The van der Waals surface area contributed by atoms with Crippen LogP contribution >= 0.6 is 22.6 Å². The lowest BCUT2D eigenvalue weighted by atomic mass is 10.3. The van der Waals surface area contributed by atoms with Crippen molar-refractivity contribution >= 4 is 22.6 Å². The molecule has 0 amide bonds. The van der Waals surface area contributed by atoms with Gasteiger partial charge in [-0.25, -0.2) is 0 Å². The molecule has 1 N–H and O–H groups in total. The summed E-state index contributed by atoms with van der Waals surface area (Å²) in [6, 6.07) is 0.